The molecule has 2 aromatic rings. The lowest BCUT2D eigenvalue weighted by atomic mass is 10.00. The van der Waals surface area contributed by atoms with Crippen LogP contribution in [0.3, 0.4) is 0 Å². The number of aliphatic hydroxyl groups is 1. The Morgan fingerprint density at radius 3 is 2.20 bits per heavy atom. The Labute approximate surface area is 148 Å². The van der Waals surface area contributed by atoms with Crippen molar-refractivity contribution in [2.75, 3.05) is 6.61 Å². The average molecular weight is 355 g/mol. The van der Waals surface area contributed by atoms with Crippen molar-refractivity contribution in [3.63, 3.8) is 0 Å². The molecule has 1 saturated carbocycles. The molecule has 0 bridgehead atoms. The van der Waals surface area contributed by atoms with Crippen molar-refractivity contribution in [2.24, 2.45) is 5.41 Å². The molecule has 1 aliphatic rings. The van der Waals surface area contributed by atoms with Gasteiger partial charge in [0.05, 0.1) is 22.8 Å². The van der Waals surface area contributed by atoms with Crippen LogP contribution in [0.5, 0.6) is 0 Å². The summed E-state index contributed by atoms with van der Waals surface area (Å²) in [5.74, 6) is -0.514. The molecule has 130 valence electrons. The van der Waals surface area contributed by atoms with Gasteiger partial charge in [0, 0.05) is 5.92 Å². The monoisotopic (exact) mass is 355 g/mol. The molecule has 4 nitrogen and oxygen atoms in total. The number of nitrogens with zero attached hydrogens (tertiary/aromatic N) is 1. The summed E-state index contributed by atoms with van der Waals surface area (Å²) in [6, 6.07) is 16.3. The predicted octanol–water partition coefficient (Wildman–Crippen LogP) is 3.00. The van der Waals surface area contributed by atoms with E-state index in [1.165, 1.54) is 0 Å². The van der Waals surface area contributed by atoms with Crippen molar-refractivity contribution in [3.05, 3.63) is 65.2 Å². The molecule has 0 aliphatic heterocycles. The maximum Gasteiger partial charge on any atom is 0.183 e. The van der Waals surface area contributed by atoms with Gasteiger partial charge in [-0.1, -0.05) is 48.9 Å². The maximum absolute atomic E-state index is 13.1. The average Bonchev–Trinajstić information content (AvgIpc) is 3.33. The van der Waals surface area contributed by atoms with E-state index in [0.29, 0.717) is 0 Å². The first-order valence-corrected chi connectivity index (χ1v) is 9.87. The molecule has 1 fully saturated rings. The standard InChI is InChI=1S/C20H21NO3S/c1-3-15-6-8-16(9-7-15)18-19(20(18,12-21)13-22)25(23,24)17-10-4-14(2)5-11-17/h4-11,18-19,22H,3,13H2,1-2H3/t18-,19+,20-/m0/s1. The van der Waals surface area contributed by atoms with Crippen LogP contribution in [0.2, 0.25) is 0 Å². The molecule has 1 aliphatic carbocycles. The highest BCUT2D eigenvalue weighted by molar-refractivity contribution is 7.92. The highest BCUT2D eigenvalue weighted by Crippen LogP contribution is 2.63. The first kappa shape index (κ1) is 17.7. The number of hydrogen-bond donors (Lipinski definition) is 1. The largest absolute Gasteiger partial charge is 0.395 e. The minimum atomic E-state index is -3.71. The topological polar surface area (TPSA) is 78.2 Å². The first-order chi connectivity index (χ1) is 11.9. The van der Waals surface area contributed by atoms with Gasteiger partial charge in [-0.3, -0.25) is 0 Å². The van der Waals surface area contributed by atoms with Crippen LogP contribution >= 0.6 is 0 Å². The highest BCUT2D eigenvalue weighted by atomic mass is 32.2. The van der Waals surface area contributed by atoms with Gasteiger partial charge in [0.15, 0.2) is 9.84 Å². The van der Waals surface area contributed by atoms with E-state index in [0.717, 1.165) is 23.1 Å². The second-order valence-electron chi connectivity index (χ2n) is 6.66. The molecular formula is C20H21NO3S. The first-order valence-electron chi connectivity index (χ1n) is 8.32. The maximum atomic E-state index is 13.1. The smallest absolute Gasteiger partial charge is 0.183 e. The minimum Gasteiger partial charge on any atom is -0.395 e. The van der Waals surface area contributed by atoms with Gasteiger partial charge in [-0.2, -0.15) is 5.26 Å². The van der Waals surface area contributed by atoms with Crippen molar-refractivity contribution in [1.29, 1.82) is 5.26 Å². The van der Waals surface area contributed by atoms with Crippen LogP contribution in [0.1, 0.15) is 29.5 Å². The summed E-state index contributed by atoms with van der Waals surface area (Å²) < 4.78 is 26.2. The van der Waals surface area contributed by atoms with Gasteiger partial charge >= 0.3 is 0 Å². The van der Waals surface area contributed by atoms with Gasteiger partial charge in [-0.05, 0) is 36.6 Å². The summed E-state index contributed by atoms with van der Waals surface area (Å²) in [5.41, 5.74) is 1.62. The van der Waals surface area contributed by atoms with E-state index < -0.39 is 33.0 Å². The van der Waals surface area contributed by atoms with Crippen LogP contribution in [-0.2, 0) is 16.3 Å². The fourth-order valence-electron chi connectivity index (χ4n) is 3.53. The van der Waals surface area contributed by atoms with Crippen molar-refractivity contribution < 1.29 is 13.5 Å². The van der Waals surface area contributed by atoms with Gasteiger partial charge in [0.25, 0.3) is 0 Å². The number of hydrogen-bond acceptors (Lipinski definition) is 4. The normalized spacial score (nSPS) is 25.4. The second-order valence-corrected chi connectivity index (χ2v) is 8.73. The number of sulfone groups is 1. The SMILES string of the molecule is CCc1ccc([C@H]2[C@@H](S(=O)(=O)c3ccc(C)cc3)[C@@]2(C#N)CO)cc1. The molecule has 0 aromatic heterocycles. The molecule has 0 spiro atoms. The molecular weight excluding hydrogens is 334 g/mol. The van der Waals surface area contributed by atoms with Crippen LogP contribution in [0, 0.1) is 23.7 Å². The molecule has 0 radical (unpaired) electrons. The molecule has 0 saturated heterocycles. The van der Waals surface area contributed by atoms with E-state index in [2.05, 4.69) is 6.07 Å². The summed E-state index contributed by atoms with van der Waals surface area (Å²) in [6.07, 6.45) is 0.888. The van der Waals surface area contributed by atoms with Crippen molar-refractivity contribution in [2.45, 2.75) is 36.3 Å². The van der Waals surface area contributed by atoms with Crippen molar-refractivity contribution in [3.8, 4) is 6.07 Å². The summed E-state index contributed by atoms with van der Waals surface area (Å²) in [5, 5.41) is 18.5. The third kappa shape index (κ3) is 2.76. The number of aliphatic hydroxyl groups excluding tert-OH is 1. The molecule has 0 heterocycles. The molecule has 25 heavy (non-hydrogen) atoms. The second kappa shape index (κ2) is 6.29. The summed E-state index contributed by atoms with van der Waals surface area (Å²) >= 11 is 0. The van der Waals surface area contributed by atoms with Crippen molar-refractivity contribution >= 4 is 9.84 Å². The third-order valence-electron chi connectivity index (χ3n) is 5.16. The van der Waals surface area contributed by atoms with Gasteiger partial charge in [-0.15, -0.1) is 0 Å². The van der Waals surface area contributed by atoms with E-state index in [9.17, 15) is 18.8 Å². The number of benzene rings is 2. The molecule has 0 unspecified atom stereocenters. The van der Waals surface area contributed by atoms with Crippen molar-refractivity contribution in [1.82, 2.24) is 0 Å². The van der Waals surface area contributed by atoms with E-state index >= 15 is 0 Å². The third-order valence-corrected chi connectivity index (χ3v) is 7.45. The Balaban J connectivity index is 2.04. The lowest BCUT2D eigenvalue weighted by Crippen LogP contribution is -2.18. The number of rotatable bonds is 5. The molecule has 5 heteroatoms. The summed E-state index contributed by atoms with van der Waals surface area (Å²) in [6.45, 7) is 3.46. The fourth-order valence-corrected chi connectivity index (χ4v) is 5.84. The van der Waals surface area contributed by atoms with E-state index in [-0.39, 0.29) is 4.90 Å². The van der Waals surface area contributed by atoms with Crippen LogP contribution < -0.4 is 0 Å². The summed E-state index contributed by atoms with van der Waals surface area (Å²) in [4.78, 5) is 0.198. The quantitative estimate of drug-likeness (QED) is 0.894. The van der Waals surface area contributed by atoms with Crippen LogP contribution in [0.25, 0.3) is 0 Å². The van der Waals surface area contributed by atoms with Gasteiger partial charge in [0.1, 0.15) is 5.41 Å². The highest BCUT2D eigenvalue weighted by Gasteiger charge is 2.72. The molecule has 0 amide bonds. The summed E-state index contributed by atoms with van der Waals surface area (Å²) in [7, 11) is -3.71. The zero-order chi connectivity index (χ0) is 18.2. The van der Waals surface area contributed by atoms with Gasteiger partial charge in [0.2, 0.25) is 0 Å². The van der Waals surface area contributed by atoms with Gasteiger partial charge in [-0.25, -0.2) is 8.42 Å². The van der Waals surface area contributed by atoms with E-state index in [1.54, 1.807) is 24.3 Å². The van der Waals surface area contributed by atoms with E-state index in [4.69, 9.17) is 0 Å². The Kier molecular flexibility index (Phi) is 4.44. The minimum absolute atomic E-state index is 0.198. The zero-order valence-corrected chi connectivity index (χ0v) is 15.1. The number of nitriles is 1. The van der Waals surface area contributed by atoms with Crippen LogP contribution in [0.15, 0.2) is 53.4 Å². The van der Waals surface area contributed by atoms with E-state index in [1.807, 2.05) is 38.1 Å². The predicted molar refractivity (Wildman–Crippen MR) is 95.8 cm³/mol. The Hall–Kier alpha value is -2.16. The molecule has 1 N–H and O–H groups in total. The Bertz CT molecular complexity index is 911. The zero-order valence-electron chi connectivity index (χ0n) is 14.3. The fraction of sp³-hybridized carbons (Fsp3) is 0.350. The molecule has 2 aromatic carbocycles. The Morgan fingerprint density at radius 1 is 1.12 bits per heavy atom. The Morgan fingerprint density at radius 2 is 1.72 bits per heavy atom. The molecule has 3 rings (SSSR count). The van der Waals surface area contributed by atoms with Crippen LogP contribution in [-0.4, -0.2) is 25.4 Å². The van der Waals surface area contributed by atoms with Crippen LogP contribution in [0.4, 0.5) is 0 Å². The number of aryl methyl sites for hydroxylation is 2. The lowest BCUT2D eigenvalue weighted by molar-refractivity contribution is 0.242. The lowest BCUT2D eigenvalue weighted by Gasteiger charge is -2.06. The molecule has 3 atom stereocenters. The van der Waals surface area contributed by atoms with Gasteiger partial charge < -0.3 is 5.11 Å².